The molecule has 0 amide bonds. The van der Waals surface area contributed by atoms with Crippen molar-refractivity contribution in [2.45, 2.75) is 19.1 Å². The Morgan fingerprint density at radius 2 is 1.95 bits per heavy atom. The predicted octanol–water partition coefficient (Wildman–Crippen LogP) is 3.56. The van der Waals surface area contributed by atoms with Gasteiger partial charge in [-0.2, -0.15) is 0 Å². The van der Waals surface area contributed by atoms with Crippen molar-refractivity contribution in [2.75, 3.05) is 7.11 Å². The average Bonchev–Trinajstić information content (AvgIpc) is 2.52. The van der Waals surface area contributed by atoms with Crippen LogP contribution in [0.15, 0.2) is 48.5 Å². The van der Waals surface area contributed by atoms with Crippen molar-refractivity contribution in [1.29, 1.82) is 0 Å². The van der Waals surface area contributed by atoms with Crippen LogP contribution in [0.5, 0.6) is 5.75 Å². The lowest BCUT2D eigenvalue weighted by Crippen LogP contribution is -2.24. The van der Waals surface area contributed by atoms with Gasteiger partial charge < -0.3 is 14.6 Å². The summed E-state index contributed by atoms with van der Waals surface area (Å²) in [5, 5.41) is 9.46. The van der Waals surface area contributed by atoms with Crippen LogP contribution in [0.1, 0.15) is 11.1 Å². The summed E-state index contributed by atoms with van der Waals surface area (Å²) in [7, 11) is 1.37. The van der Waals surface area contributed by atoms with Gasteiger partial charge in [-0.3, -0.25) is 0 Å². The van der Waals surface area contributed by atoms with E-state index in [0.717, 1.165) is 5.56 Å². The monoisotopic (exact) mass is 320 g/mol. The SMILES string of the molecule is COC(Cc1ccc(OCc2ccccc2)cc1Cl)C(=O)O. The van der Waals surface area contributed by atoms with E-state index in [9.17, 15) is 4.79 Å². The number of methoxy groups -OCH3 is 1. The largest absolute Gasteiger partial charge is 0.489 e. The normalized spacial score (nSPS) is 11.9. The lowest BCUT2D eigenvalue weighted by molar-refractivity contribution is -0.148. The number of ether oxygens (including phenoxy) is 2. The fraction of sp³-hybridized carbons (Fsp3) is 0.235. The number of aliphatic carboxylic acids is 1. The summed E-state index contributed by atoms with van der Waals surface area (Å²) in [5.41, 5.74) is 1.77. The zero-order valence-corrected chi connectivity index (χ0v) is 12.9. The van der Waals surface area contributed by atoms with Gasteiger partial charge in [0.25, 0.3) is 0 Å². The van der Waals surface area contributed by atoms with Gasteiger partial charge in [0, 0.05) is 18.6 Å². The summed E-state index contributed by atoms with van der Waals surface area (Å²) in [6, 6.07) is 15.0. The van der Waals surface area contributed by atoms with Gasteiger partial charge >= 0.3 is 5.97 Å². The lowest BCUT2D eigenvalue weighted by Gasteiger charge is -2.13. The van der Waals surface area contributed by atoms with Gasteiger partial charge in [-0.25, -0.2) is 4.79 Å². The zero-order chi connectivity index (χ0) is 15.9. The minimum atomic E-state index is -1.01. The van der Waals surface area contributed by atoms with Crippen LogP contribution in [0.4, 0.5) is 0 Å². The maximum Gasteiger partial charge on any atom is 0.333 e. The first-order chi connectivity index (χ1) is 10.6. The van der Waals surface area contributed by atoms with E-state index in [1.807, 2.05) is 30.3 Å². The first-order valence-corrected chi connectivity index (χ1v) is 7.18. The molecule has 0 heterocycles. The maximum absolute atomic E-state index is 11.0. The Morgan fingerprint density at radius 3 is 2.55 bits per heavy atom. The highest BCUT2D eigenvalue weighted by atomic mass is 35.5. The molecule has 0 aliphatic carbocycles. The summed E-state index contributed by atoms with van der Waals surface area (Å²) < 4.78 is 10.6. The third-order valence-corrected chi connectivity index (χ3v) is 3.59. The smallest absolute Gasteiger partial charge is 0.333 e. The van der Waals surface area contributed by atoms with Crippen LogP contribution in [0.3, 0.4) is 0 Å². The third kappa shape index (κ3) is 4.48. The number of hydrogen-bond donors (Lipinski definition) is 1. The van der Waals surface area contributed by atoms with Crippen LogP contribution in [0.25, 0.3) is 0 Å². The number of rotatable bonds is 7. The molecule has 0 saturated carbocycles. The molecule has 116 valence electrons. The molecule has 1 unspecified atom stereocenters. The van der Waals surface area contributed by atoms with Gasteiger partial charge in [0.15, 0.2) is 6.10 Å². The van der Waals surface area contributed by atoms with E-state index in [1.54, 1.807) is 18.2 Å². The Morgan fingerprint density at radius 1 is 1.23 bits per heavy atom. The number of halogens is 1. The van der Waals surface area contributed by atoms with Crippen LogP contribution in [-0.2, 0) is 22.6 Å². The fourth-order valence-electron chi connectivity index (χ4n) is 2.00. The van der Waals surface area contributed by atoms with Crippen molar-refractivity contribution in [2.24, 2.45) is 0 Å². The molecule has 2 aromatic carbocycles. The van der Waals surface area contributed by atoms with Crippen LogP contribution in [0.2, 0.25) is 5.02 Å². The van der Waals surface area contributed by atoms with Crippen molar-refractivity contribution in [3.8, 4) is 5.75 Å². The number of carboxylic acids is 1. The summed E-state index contributed by atoms with van der Waals surface area (Å²) in [6.45, 7) is 0.451. The van der Waals surface area contributed by atoms with E-state index < -0.39 is 12.1 Å². The van der Waals surface area contributed by atoms with E-state index in [4.69, 9.17) is 26.2 Å². The van der Waals surface area contributed by atoms with Crippen LogP contribution in [0, 0.1) is 0 Å². The van der Waals surface area contributed by atoms with Crippen molar-refractivity contribution in [3.05, 3.63) is 64.7 Å². The molecule has 1 N–H and O–H groups in total. The minimum absolute atomic E-state index is 0.212. The van der Waals surface area contributed by atoms with Crippen molar-refractivity contribution < 1.29 is 19.4 Å². The van der Waals surface area contributed by atoms with Crippen LogP contribution < -0.4 is 4.74 Å². The van der Waals surface area contributed by atoms with Crippen LogP contribution in [-0.4, -0.2) is 24.3 Å². The second kappa shape index (κ2) is 7.82. The average molecular weight is 321 g/mol. The highest BCUT2D eigenvalue weighted by Crippen LogP contribution is 2.25. The maximum atomic E-state index is 11.0. The Balaban J connectivity index is 2.01. The topological polar surface area (TPSA) is 55.8 Å². The summed E-state index contributed by atoms with van der Waals surface area (Å²) >= 11 is 6.19. The first kappa shape index (κ1) is 16.3. The Labute approximate surface area is 134 Å². The van der Waals surface area contributed by atoms with E-state index in [1.165, 1.54) is 7.11 Å². The minimum Gasteiger partial charge on any atom is -0.489 e. The second-order valence-corrected chi connectivity index (χ2v) is 5.20. The lowest BCUT2D eigenvalue weighted by atomic mass is 10.1. The van der Waals surface area contributed by atoms with E-state index >= 15 is 0 Å². The molecule has 0 aliphatic rings. The van der Waals surface area contributed by atoms with Crippen molar-refractivity contribution in [1.82, 2.24) is 0 Å². The summed E-state index contributed by atoms with van der Waals surface area (Å²) in [6.07, 6.45) is -0.697. The Bertz CT molecular complexity index is 628. The predicted molar refractivity (Wildman–Crippen MR) is 84.4 cm³/mol. The number of carbonyl (C=O) groups is 1. The standard InChI is InChI=1S/C17H17ClO4/c1-21-16(17(19)20)9-13-7-8-14(10-15(13)18)22-11-12-5-3-2-4-6-12/h2-8,10,16H,9,11H2,1H3,(H,19,20). The fourth-order valence-corrected chi connectivity index (χ4v) is 2.24. The Kier molecular flexibility index (Phi) is 5.81. The van der Waals surface area contributed by atoms with Gasteiger partial charge in [0.1, 0.15) is 12.4 Å². The quantitative estimate of drug-likeness (QED) is 0.847. The highest BCUT2D eigenvalue weighted by molar-refractivity contribution is 6.31. The molecular weight excluding hydrogens is 304 g/mol. The van der Waals surface area contributed by atoms with E-state index in [0.29, 0.717) is 22.9 Å². The van der Waals surface area contributed by atoms with Crippen molar-refractivity contribution in [3.63, 3.8) is 0 Å². The number of carboxylic acid groups (broad SMARTS) is 1. The molecular formula is C17H17ClO4. The molecule has 1 atom stereocenters. The van der Waals surface area contributed by atoms with E-state index in [2.05, 4.69) is 0 Å². The van der Waals surface area contributed by atoms with Gasteiger partial charge in [0.2, 0.25) is 0 Å². The van der Waals surface area contributed by atoms with Gasteiger partial charge in [0.05, 0.1) is 0 Å². The molecule has 22 heavy (non-hydrogen) atoms. The molecule has 0 bridgehead atoms. The molecule has 0 aliphatic heterocycles. The molecule has 0 fully saturated rings. The molecule has 0 aromatic heterocycles. The van der Waals surface area contributed by atoms with Crippen molar-refractivity contribution >= 4 is 17.6 Å². The molecule has 0 saturated heterocycles. The molecule has 0 spiro atoms. The molecule has 4 nitrogen and oxygen atoms in total. The molecule has 2 rings (SSSR count). The Hall–Kier alpha value is -2.04. The summed E-state index contributed by atoms with van der Waals surface area (Å²) in [5.74, 6) is -0.370. The zero-order valence-electron chi connectivity index (χ0n) is 12.2. The number of hydrogen-bond acceptors (Lipinski definition) is 3. The molecule has 0 radical (unpaired) electrons. The first-order valence-electron chi connectivity index (χ1n) is 6.81. The number of benzene rings is 2. The molecule has 5 heteroatoms. The van der Waals surface area contributed by atoms with Crippen LogP contribution >= 0.6 is 11.6 Å². The van der Waals surface area contributed by atoms with E-state index in [-0.39, 0.29) is 6.42 Å². The second-order valence-electron chi connectivity index (χ2n) is 4.79. The van der Waals surface area contributed by atoms with Gasteiger partial charge in [-0.05, 0) is 23.3 Å². The van der Waals surface area contributed by atoms with Gasteiger partial charge in [-0.1, -0.05) is 48.0 Å². The van der Waals surface area contributed by atoms with Gasteiger partial charge in [-0.15, -0.1) is 0 Å². The molecule has 2 aromatic rings. The summed E-state index contributed by atoms with van der Waals surface area (Å²) in [4.78, 5) is 11.0. The highest BCUT2D eigenvalue weighted by Gasteiger charge is 2.18. The third-order valence-electron chi connectivity index (χ3n) is 3.24.